The molecule has 3 rings (SSSR count). The van der Waals surface area contributed by atoms with Crippen LogP contribution in [0.1, 0.15) is 25.0 Å². The third-order valence-corrected chi connectivity index (χ3v) is 4.77. The standard InChI is InChI=1S/C22H26N4O3/c1-16(2)23-19(27)14-25(3)15-26-20(28)22(24-21(26)29,17-10-6-4-7-11-17)18-12-8-5-9-13-18/h4-13,16H,14-15H2,1-3H3,(H,23,27)(H,24,29). The van der Waals surface area contributed by atoms with Crippen molar-refractivity contribution in [3.63, 3.8) is 0 Å². The van der Waals surface area contributed by atoms with E-state index in [0.29, 0.717) is 11.1 Å². The van der Waals surface area contributed by atoms with Crippen LogP contribution < -0.4 is 10.6 Å². The van der Waals surface area contributed by atoms with Gasteiger partial charge in [0.1, 0.15) is 0 Å². The molecule has 2 aromatic rings. The van der Waals surface area contributed by atoms with Crippen molar-refractivity contribution in [1.29, 1.82) is 0 Å². The van der Waals surface area contributed by atoms with Crippen molar-refractivity contribution in [2.75, 3.05) is 20.3 Å². The zero-order valence-corrected chi connectivity index (χ0v) is 16.9. The van der Waals surface area contributed by atoms with Crippen molar-refractivity contribution in [2.45, 2.75) is 25.4 Å². The van der Waals surface area contributed by atoms with E-state index in [1.807, 2.05) is 74.5 Å². The van der Waals surface area contributed by atoms with Gasteiger partial charge in [0.2, 0.25) is 5.91 Å². The van der Waals surface area contributed by atoms with Crippen LogP contribution in [0.25, 0.3) is 0 Å². The van der Waals surface area contributed by atoms with Gasteiger partial charge < -0.3 is 10.6 Å². The molecule has 7 heteroatoms. The van der Waals surface area contributed by atoms with E-state index in [1.54, 1.807) is 11.9 Å². The minimum atomic E-state index is -1.29. The number of amides is 4. The number of hydrogen-bond donors (Lipinski definition) is 2. The van der Waals surface area contributed by atoms with E-state index in [2.05, 4.69) is 10.6 Å². The Hall–Kier alpha value is -3.19. The van der Waals surface area contributed by atoms with Gasteiger partial charge in [-0.25, -0.2) is 9.69 Å². The highest BCUT2D eigenvalue weighted by Crippen LogP contribution is 2.35. The van der Waals surface area contributed by atoms with Crippen LogP contribution in [0.5, 0.6) is 0 Å². The van der Waals surface area contributed by atoms with Crippen molar-refractivity contribution in [3.05, 3.63) is 71.8 Å². The van der Waals surface area contributed by atoms with Crippen LogP contribution in [0.15, 0.2) is 60.7 Å². The molecule has 0 unspecified atom stereocenters. The Kier molecular flexibility index (Phi) is 5.98. The Morgan fingerprint density at radius 2 is 1.55 bits per heavy atom. The van der Waals surface area contributed by atoms with E-state index in [1.165, 1.54) is 0 Å². The number of nitrogens with zero attached hydrogens (tertiary/aromatic N) is 2. The van der Waals surface area contributed by atoms with Crippen LogP contribution in [0.2, 0.25) is 0 Å². The molecule has 0 aromatic heterocycles. The summed E-state index contributed by atoms with van der Waals surface area (Å²) >= 11 is 0. The van der Waals surface area contributed by atoms with Gasteiger partial charge in [0, 0.05) is 6.04 Å². The number of carbonyl (C=O) groups excluding carboxylic acids is 3. The molecule has 2 N–H and O–H groups in total. The van der Waals surface area contributed by atoms with Gasteiger partial charge in [-0.15, -0.1) is 0 Å². The lowest BCUT2D eigenvalue weighted by Crippen LogP contribution is -2.47. The molecule has 1 fully saturated rings. The Labute approximate surface area is 170 Å². The van der Waals surface area contributed by atoms with Crippen LogP contribution in [0.3, 0.4) is 0 Å². The fraction of sp³-hybridized carbons (Fsp3) is 0.318. The van der Waals surface area contributed by atoms with Crippen molar-refractivity contribution in [2.24, 2.45) is 0 Å². The Morgan fingerprint density at radius 3 is 2.03 bits per heavy atom. The summed E-state index contributed by atoms with van der Waals surface area (Å²) in [5.74, 6) is -0.525. The number of carbonyl (C=O) groups is 3. The van der Waals surface area contributed by atoms with Gasteiger partial charge in [0.05, 0.1) is 13.2 Å². The largest absolute Gasteiger partial charge is 0.353 e. The summed E-state index contributed by atoms with van der Waals surface area (Å²) in [4.78, 5) is 41.2. The maximum atomic E-state index is 13.6. The number of benzene rings is 2. The van der Waals surface area contributed by atoms with Gasteiger partial charge in [-0.1, -0.05) is 60.7 Å². The highest BCUT2D eigenvalue weighted by molar-refractivity contribution is 6.09. The predicted molar refractivity (Wildman–Crippen MR) is 110 cm³/mol. The fourth-order valence-corrected chi connectivity index (χ4v) is 3.54. The lowest BCUT2D eigenvalue weighted by Gasteiger charge is -2.28. The molecule has 1 aliphatic heterocycles. The SMILES string of the molecule is CC(C)NC(=O)CN(C)CN1C(=O)NC(c2ccccc2)(c2ccccc2)C1=O. The highest BCUT2D eigenvalue weighted by Gasteiger charge is 2.53. The molecule has 4 amide bonds. The lowest BCUT2D eigenvalue weighted by molar-refractivity contribution is -0.132. The van der Waals surface area contributed by atoms with Crippen LogP contribution in [0, 0.1) is 0 Å². The number of nitrogens with one attached hydrogen (secondary N) is 2. The average molecular weight is 394 g/mol. The smallest absolute Gasteiger partial charge is 0.326 e. The predicted octanol–water partition coefficient (Wildman–Crippen LogP) is 1.90. The van der Waals surface area contributed by atoms with Gasteiger partial charge in [-0.3, -0.25) is 14.5 Å². The van der Waals surface area contributed by atoms with Gasteiger partial charge in [0.15, 0.2) is 5.54 Å². The first-order valence-corrected chi connectivity index (χ1v) is 9.57. The van der Waals surface area contributed by atoms with Gasteiger partial charge in [-0.2, -0.15) is 0 Å². The van der Waals surface area contributed by atoms with E-state index in [-0.39, 0.29) is 31.1 Å². The fourth-order valence-electron chi connectivity index (χ4n) is 3.54. The maximum absolute atomic E-state index is 13.6. The quantitative estimate of drug-likeness (QED) is 0.703. The van der Waals surface area contributed by atoms with E-state index < -0.39 is 11.6 Å². The van der Waals surface area contributed by atoms with E-state index in [9.17, 15) is 14.4 Å². The summed E-state index contributed by atoms with van der Waals surface area (Å²) in [6.07, 6.45) is 0. The monoisotopic (exact) mass is 394 g/mol. The lowest BCUT2D eigenvalue weighted by atomic mass is 9.83. The molecule has 1 heterocycles. The number of imide groups is 1. The second-order valence-corrected chi connectivity index (χ2v) is 7.52. The molecule has 0 radical (unpaired) electrons. The Morgan fingerprint density at radius 1 is 1.03 bits per heavy atom. The highest BCUT2D eigenvalue weighted by atomic mass is 16.2. The number of likely N-dealkylation sites (N-methyl/N-ethyl adjacent to an activating group) is 1. The second-order valence-electron chi connectivity index (χ2n) is 7.52. The third-order valence-electron chi connectivity index (χ3n) is 4.77. The zero-order chi connectivity index (χ0) is 21.0. The van der Waals surface area contributed by atoms with Gasteiger partial charge in [-0.05, 0) is 32.0 Å². The van der Waals surface area contributed by atoms with Crippen molar-refractivity contribution >= 4 is 17.8 Å². The summed E-state index contributed by atoms with van der Waals surface area (Å²) in [6, 6.07) is 17.9. The Balaban J connectivity index is 1.89. The minimum Gasteiger partial charge on any atom is -0.353 e. The minimum absolute atomic E-state index is 0.0115. The van der Waals surface area contributed by atoms with E-state index >= 15 is 0 Å². The van der Waals surface area contributed by atoms with Crippen LogP contribution in [-0.2, 0) is 15.1 Å². The molecule has 0 spiro atoms. The first-order valence-electron chi connectivity index (χ1n) is 9.57. The molecule has 152 valence electrons. The molecule has 0 aliphatic carbocycles. The molecule has 0 atom stereocenters. The van der Waals surface area contributed by atoms with Crippen molar-refractivity contribution in [3.8, 4) is 0 Å². The normalized spacial score (nSPS) is 15.7. The summed E-state index contributed by atoms with van der Waals surface area (Å²) in [7, 11) is 1.70. The summed E-state index contributed by atoms with van der Waals surface area (Å²) in [5.41, 5.74) is 0.0835. The molecule has 1 saturated heterocycles. The average Bonchev–Trinajstić information content (AvgIpc) is 2.94. The van der Waals surface area contributed by atoms with Crippen LogP contribution >= 0.6 is 0 Å². The number of hydrogen-bond acceptors (Lipinski definition) is 4. The summed E-state index contributed by atoms with van der Waals surface area (Å²) in [6.45, 7) is 3.85. The molecule has 1 aliphatic rings. The Bertz CT molecular complexity index is 844. The maximum Gasteiger partial charge on any atom is 0.326 e. The van der Waals surface area contributed by atoms with E-state index in [4.69, 9.17) is 0 Å². The van der Waals surface area contributed by atoms with Gasteiger partial charge >= 0.3 is 6.03 Å². The molecule has 2 aromatic carbocycles. The molecular formula is C22H26N4O3. The number of urea groups is 1. The van der Waals surface area contributed by atoms with Crippen LogP contribution in [0.4, 0.5) is 4.79 Å². The van der Waals surface area contributed by atoms with Crippen molar-refractivity contribution < 1.29 is 14.4 Å². The zero-order valence-electron chi connectivity index (χ0n) is 16.9. The summed E-state index contributed by atoms with van der Waals surface area (Å²) in [5, 5.41) is 5.71. The topological polar surface area (TPSA) is 81.8 Å². The second kappa shape index (κ2) is 8.45. The van der Waals surface area contributed by atoms with Crippen LogP contribution in [-0.4, -0.2) is 53.9 Å². The van der Waals surface area contributed by atoms with Crippen molar-refractivity contribution in [1.82, 2.24) is 20.4 Å². The third kappa shape index (κ3) is 4.14. The summed E-state index contributed by atoms with van der Waals surface area (Å²) < 4.78 is 0. The molecule has 7 nitrogen and oxygen atoms in total. The first-order chi connectivity index (χ1) is 13.8. The molecule has 29 heavy (non-hydrogen) atoms. The molecular weight excluding hydrogens is 368 g/mol. The first kappa shape index (κ1) is 20.5. The molecule has 0 saturated carbocycles. The van der Waals surface area contributed by atoms with E-state index in [0.717, 1.165) is 4.90 Å². The molecule has 0 bridgehead atoms. The number of rotatable bonds is 7. The van der Waals surface area contributed by atoms with Gasteiger partial charge in [0.25, 0.3) is 5.91 Å².